The minimum absolute atomic E-state index is 0.175. The minimum Gasteiger partial charge on any atom is -0.343 e. The van der Waals surface area contributed by atoms with Crippen molar-refractivity contribution in [1.82, 2.24) is 0 Å². The predicted octanol–water partition coefficient (Wildman–Crippen LogP) is 3.57. The molecule has 1 unspecified atom stereocenters. The average Bonchev–Trinajstić information content (AvgIpc) is 3.15. The number of sulfone groups is 1. The highest BCUT2D eigenvalue weighted by Gasteiger charge is 2.39. The third kappa shape index (κ3) is 4.85. The van der Waals surface area contributed by atoms with Gasteiger partial charge in [-0.3, -0.25) is 4.79 Å². The molecule has 0 radical (unpaired) electrons. The Hall–Kier alpha value is -1.81. The Kier molecular flexibility index (Phi) is 6.42. The van der Waals surface area contributed by atoms with Crippen LogP contribution in [0.5, 0.6) is 0 Å². The molecule has 0 aromatic heterocycles. The Bertz CT molecular complexity index is 1000. The lowest BCUT2D eigenvalue weighted by molar-refractivity contribution is -0.145. The summed E-state index contributed by atoms with van der Waals surface area (Å²) in [6.45, 7) is 2.33. The fourth-order valence-corrected chi connectivity index (χ4v) is 4.67. The van der Waals surface area contributed by atoms with Crippen LogP contribution in [0, 0.1) is 11.6 Å². The van der Waals surface area contributed by atoms with Crippen molar-refractivity contribution in [1.29, 1.82) is 0 Å². The lowest BCUT2D eigenvalue weighted by atomic mass is 10.1. The van der Waals surface area contributed by atoms with Crippen molar-refractivity contribution in [3.63, 3.8) is 0 Å². The van der Waals surface area contributed by atoms with Crippen molar-refractivity contribution < 1.29 is 31.5 Å². The van der Waals surface area contributed by atoms with Crippen LogP contribution < -0.4 is 0 Å². The molecular formula is C20H20F2O5S2. The van der Waals surface area contributed by atoms with Crippen molar-refractivity contribution in [2.75, 3.05) is 25.2 Å². The third-order valence-corrected chi connectivity index (χ3v) is 6.95. The van der Waals surface area contributed by atoms with Crippen LogP contribution in [-0.2, 0) is 25.1 Å². The van der Waals surface area contributed by atoms with E-state index in [1.54, 1.807) is 19.1 Å². The zero-order valence-corrected chi connectivity index (χ0v) is 17.5. The molecule has 1 saturated heterocycles. The van der Waals surface area contributed by atoms with Gasteiger partial charge in [0.05, 0.1) is 34.7 Å². The van der Waals surface area contributed by atoms with E-state index in [1.165, 1.54) is 23.9 Å². The van der Waals surface area contributed by atoms with Gasteiger partial charge in [-0.25, -0.2) is 17.2 Å². The van der Waals surface area contributed by atoms with Gasteiger partial charge in [-0.15, -0.1) is 11.8 Å². The molecule has 9 heteroatoms. The standard InChI is InChI=1S/C20H20F2O5S2/c1-13(19(23)17-8-5-15(21)11-18(17)22)28-12-20(26-9-10-27-20)14-3-6-16(7-4-14)29(2,24)25/h3-8,11,13H,9-10,12H2,1-2H3. The molecule has 2 aromatic carbocycles. The molecule has 1 aliphatic heterocycles. The van der Waals surface area contributed by atoms with E-state index in [2.05, 4.69) is 0 Å². The number of ketones is 1. The normalized spacial score (nSPS) is 17.2. The smallest absolute Gasteiger partial charge is 0.204 e. The molecule has 0 bridgehead atoms. The van der Waals surface area contributed by atoms with Crippen LogP contribution in [0.1, 0.15) is 22.8 Å². The fourth-order valence-electron chi connectivity index (χ4n) is 2.96. The highest BCUT2D eigenvalue weighted by atomic mass is 32.2. The topological polar surface area (TPSA) is 69.7 Å². The van der Waals surface area contributed by atoms with E-state index in [0.29, 0.717) is 24.8 Å². The van der Waals surface area contributed by atoms with Crippen molar-refractivity contribution in [2.24, 2.45) is 0 Å². The van der Waals surface area contributed by atoms with Crippen molar-refractivity contribution in [2.45, 2.75) is 22.9 Å². The fraction of sp³-hybridized carbons (Fsp3) is 0.350. The molecule has 0 aliphatic carbocycles. The number of hydrogen-bond donors (Lipinski definition) is 0. The van der Waals surface area contributed by atoms with Crippen LogP contribution in [0.3, 0.4) is 0 Å². The van der Waals surface area contributed by atoms with E-state index in [4.69, 9.17) is 9.47 Å². The van der Waals surface area contributed by atoms with E-state index in [-0.39, 0.29) is 16.2 Å². The summed E-state index contributed by atoms with van der Waals surface area (Å²) >= 11 is 1.21. The zero-order chi connectivity index (χ0) is 21.2. The zero-order valence-electron chi connectivity index (χ0n) is 15.9. The molecule has 2 aromatic rings. The molecule has 0 spiro atoms. The Balaban J connectivity index is 1.76. The molecule has 1 fully saturated rings. The largest absolute Gasteiger partial charge is 0.343 e. The van der Waals surface area contributed by atoms with Crippen molar-refractivity contribution >= 4 is 27.4 Å². The second kappa shape index (κ2) is 8.51. The first kappa shape index (κ1) is 21.9. The molecule has 0 amide bonds. The summed E-state index contributed by atoms with van der Waals surface area (Å²) < 4.78 is 61.9. The average molecular weight is 443 g/mol. The van der Waals surface area contributed by atoms with Crippen molar-refractivity contribution in [3.05, 3.63) is 65.2 Å². The molecule has 156 valence electrons. The van der Waals surface area contributed by atoms with Crippen LogP contribution in [0.4, 0.5) is 8.78 Å². The maximum atomic E-state index is 13.9. The molecule has 1 aliphatic rings. The van der Waals surface area contributed by atoms with Gasteiger partial charge in [0, 0.05) is 17.9 Å². The van der Waals surface area contributed by atoms with Crippen LogP contribution in [0.15, 0.2) is 47.4 Å². The Labute approximate surface area is 172 Å². The number of rotatable bonds is 7. The van der Waals surface area contributed by atoms with E-state index >= 15 is 0 Å². The van der Waals surface area contributed by atoms with E-state index in [9.17, 15) is 22.0 Å². The van der Waals surface area contributed by atoms with Crippen LogP contribution >= 0.6 is 11.8 Å². The summed E-state index contributed by atoms with van der Waals surface area (Å²) in [6, 6.07) is 9.05. The summed E-state index contributed by atoms with van der Waals surface area (Å²) in [6.07, 6.45) is 1.12. The second-order valence-corrected chi connectivity index (χ2v) is 10.0. The quantitative estimate of drug-likeness (QED) is 0.611. The minimum atomic E-state index is -3.33. The molecular weight excluding hydrogens is 422 g/mol. The molecule has 0 saturated carbocycles. The van der Waals surface area contributed by atoms with Gasteiger partial charge < -0.3 is 9.47 Å². The molecule has 1 heterocycles. The summed E-state index contributed by atoms with van der Waals surface area (Å²) in [7, 11) is -3.33. The second-order valence-electron chi connectivity index (χ2n) is 6.69. The SMILES string of the molecule is CC(SCC1(c2ccc(S(C)(=O)=O)cc2)OCCO1)C(=O)c1ccc(F)cc1F. The Morgan fingerprint density at radius 2 is 1.76 bits per heavy atom. The van der Waals surface area contributed by atoms with E-state index < -0.39 is 38.3 Å². The molecule has 29 heavy (non-hydrogen) atoms. The first-order valence-corrected chi connectivity index (χ1v) is 11.8. The number of carbonyl (C=O) groups excluding carboxylic acids is 1. The number of Topliss-reactive ketones (excluding diaryl/α,β-unsaturated/α-hetero) is 1. The predicted molar refractivity (Wildman–Crippen MR) is 106 cm³/mol. The summed E-state index contributed by atoms with van der Waals surface area (Å²) in [5, 5.41) is -0.630. The van der Waals surface area contributed by atoms with Gasteiger partial charge in [0.1, 0.15) is 11.6 Å². The number of carbonyl (C=O) groups is 1. The monoisotopic (exact) mass is 442 g/mol. The van der Waals surface area contributed by atoms with Gasteiger partial charge >= 0.3 is 0 Å². The lowest BCUT2D eigenvalue weighted by Gasteiger charge is -2.28. The number of ether oxygens (including phenoxy) is 2. The molecule has 1 atom stereocenters. The first-order valence-electron chi connectivity index (χ1n) is 8.82. The van der Waals surface area contributed by atoms with Gasteiger partial charge in [-0.2, -0.15) is 0 Å². The molecule has 3 rings (SSSR count). The molecule has 5 nitrogen and oxygen atoms in total. The van der Waals surface area contributed by atoms with Gasteiger partial charge in [0.2, 0.25) is 5.79 Å². The summed E-state index contributed by atoms with van der Waals surface area (Å²) in [5.41, 5.74) is 0.453. The van der Waals surface area contributed by atoms with E-state index in [0.717, 1.165) is 18.4 Å². The van der Waals surface area contributed by atoms with Crippen LogP contribution in [0.2, 0.25) is 0 Å². The van der Waals surface area contributed by atoms with Crippen LogP contribution in [0.25, 0.3) is 0 Å². The lowest BCUT2D eigenvalue weighted by Crippen LogP contribution is -2.32. The summed E-state index contributed by atoms with van der Waals surface area (Å²) in [4.78, 5) is 12.7. The third-order valence-electron chi connectivity index (χ3n) is 4.57. The number of halogens is 2. The number of thioether (sulfide) groups is 1. The highest BCUT2D eigenvalue weighted by Crippen LogP contribution is 2.37. The highest BCUT2D eigenvalue weighted by molar-refractivity contribution is 8.00. The maximum Gasteiger partial charge on any atom is 0.204 e. The number of benzene rings is 2. The number of hydrogen-bond acceptors (Lipinski definition) is 6. The van der Waals surface area contributed by atoms with Gasteiger partial charge in [-0.05, 0) is 31.2 Å². The van der Waals surface area contributed by atoms with Gasteiger partial charge in [0.25, 0.3) is 0 Å². The van der Waals surface area contributed by atoms with Gasteiger partial charge in [-0.1, -0.05) is 12.1 Å². The maximum absolute atomic E-state index is 13.9. The Morgan fingerprint density at radius 3 is 2.31 bits per heavy atom. The van der Waals surface area contributed by atoms with Crippen molar-refractivity contribution in [3.8, 4) is 0 Å². The van der Waals surface area contributed by atoms with Crippen LogP contribution in [-0.4, -0.2) is 44.7 Å². The van der Waals surface area contributed by atoms with E-state index in [1.807, 2.05) is 0 Å². The summed E-state index contributed by atoms with van der Waals surface area (Å²) in [5.74, 6) is -3.00. The Morgan fingerprint density at radius 1 is 1.14 bits per heavy atom. The molecule has 0 N–H and O–H groups in total. The first-order chi connectivity index (χ1) is 13.6. The van der Waals surface area contributed by atoms with Gasteiger partial charge in [0.15, 0.2) is 15.6 Å².